The largest absolute Gasteiger partial charge is 0.390 e. The molecule has 138 valence electrons. The average Bonchev–Trinajstić information content (AvgIpc) is 3.33. The van der Waals surface area contributed by atoms with Crippen molar-refractivity contribution in [2.45, 2.75) is 50.0 Å². The Bertz CT molecular complexity index is 761. The van der Waals surface area contributed by atoms with Crippen LogP contribution in [0.1, 0.15) is 30.9 Å². The van der Waals surface area contributed by atoms with Crippen LogP contribution in [0.25, 0.3) is 0 Å². The number of urea groups is 1. The molecular weight excluding hydrogens is 334 g/mol. The third-order valence-corrected chi connectivity index (χ3v) is 5.12. The molecule has 4 rings (SSSR count). The van der Waals surface area contributed by atoms with Crippen molar-refractivity contribution in [3.8, 4) is 0 Å². The summed E-state index contributed by atoms with van der Waals surface area (Å²) in [6, 6.07) is 8.18. The van der Waals surface area contributed by atoms with E-state index in [1.807, 2.05) is 24.4 Å². The number of para-hydroxylation sites is 1. The molecule has 0 radical (unpaired) electrons. The third-order valence-electron chi connectivity index (χ3n) is 5.12. The zero-order valence-corrected chi connectivity index (χ0v) is 14.3. The number of carbonyl (C=O) groups excluding carboxylic acids is 1. The summed E-state index contributed by atoms with van der Waals surface area (Å²) in [6.07, 6.45) is 2.79. The molecule has 0 spiro atoms. The smallest absolute Gasteiger partial charge is 0.319 e. The normalized spacial score (nSPS) is 28.1. The van der Waals surface area contributed by atoms with Gasteiger partial charge in [0.25, 0.3) is 0 Å². The fraction of sp³-hybridized carbons (Fsp3) is 0.500. The summed E-state index contributed by atoms with van der Waals surface area (Å²) >= 11 is 0. The van der Waals surface area contributed by atoms with E-state index >= 15 is 0 Å². The first kappa shape index (κ1) is 17.0. The molecule has 2 aromatic rings. The maximum absolute atomic E-state index is 12.1. The average molecular weight is 357 g/mol. The van der Waals surface area contributed by atoms with E-state index in [1.165, 1.54) is 0 Å². The van der Waals surface area contributed by atoms with Gasteiger partial charge in [0.1, 0.15) is 6.10 Å². The number of carbonyl (C=O) groups is 1. The quantitative estimate of drug-likeness (QED) is 0.640. The second-order valence-electron chi connectivity index (χ2n) is 7.19. The van der Waals surface area contributed by atoms with Crippen LogP contribution in [-0.4, -0.2) is 49.5 Å². The van der Waals surface area contributed by atoms with Crippen LogP contribution in [0.15, 0.2) is 36.5 Å². The van der Waals surface area contributed by atoms with E-state index in [9.17, 15) is 15.0 Å². The number of hydrogen-bond donors (Lipinski definition) is 4. The highest BCUT2D eigenvalue weighted by Crippen LogP contribution is 2.38. The topological polar surface area (TPSA) is 112 Å². The maximum Gasteiger partial charge on any atom is 0.319 e. The summed E-state index contributed by atoms with van der Waals surface area (Å²) in [5.74, 6) is 0.333. The number of rotatable bonds is 5. The van der Waals surface area contributed by atoms with E-state index in [4.69, 9.17) is 0 Å². The van der Waals surface area contributed by atoms with Gasteiger partial charge in [-0.25, -0.2) is 4.79 Å². The van der Waals surface area contributed by atoms with Crippen molar-refractivity contribution >= 4 is 11.7 Å². The van der Waals surface area contributed by atoms with Crippen molar-refractivity contribution < 1.29 is 15.0 Å². The SMILES string of the molecule is O=C(Nc1ccccc1)NC1CC(Cn2cc(C3CC3)nn2)C(O)C1O. The van der Waals surface area contributed by atoms with Gasteiger partial charge in [0.2, 0.25) is 0 Å². The van der Waals surface area contributed by atoms with Crippen molar-refractivity contribution in [2.24, 2.45) is 5.92 Å². The van der Waals surface area contributed by atoms with E-state index in [0.29, 0.717) is 24.6 Å². The van der Waals surface area contributed by atoms with Crippen LogP contribution >= 0.6 is 0 Å². The highest BCUT2D eigenvalue weighted by Gasteiger charge is 2.42. The fourth-order valence-electron chi connectivity index (χ4n) is 3.51. The number of hydrogen-bond acceptors (Lipinski definition) is 5. The Kier molecular flexibility index (Phi) is 4.60. The molecule has 8 nitrogen and oxygen atoms in total. The second kappa shape index (κ2) is 7.05. The minimum absolute atomic E-state index is 0.194. The Hall–Kier alpha value is -2.45. The molecule has 8 heteroatoms. The number of aliphatic hydroxyl groups excluding tert-OH is 2. The van der Waals surface area contributed by atoms with Gasteiger partial charge in [-0.3, -0.25) is 4.68 Å². The predicted molar refractivity (Wildman–Crippen MR) is 94.5 cm³/mol. The van der Waals surface area contributed by atoms with Crippen LogP contribution in [0.2, 0.25) is 0 Å². The standard InChI is InChI=1S/C18H23N5O3/c24-16-12(9-23-10-15(21-22-23)11-6-7-11)8-14(17(16)25)20-18(26)19-13-4-2-1-3-5-13/h1-5,10-12,14,16-17,24-25H,6-9H2,(H2,19,20,26). The molecule has 0 bridgehead atoms. The predicted octanol–water partition coefficient (Wildman–Crippen LogP) is 1.09. The van der Waals surface area contributed by atoms with E-state index in [0.717, 1.165) is 18.5 Å². The van der Waals surface area contributed by atoms with Crippen LogP contribution in [0.5, 0.6) is 0 Å². The van der Waals surface area contributed by atoms with Crippen LogP contribution < -0.4 is 10.6 Å². The molecule has 2 fully saturated rings. The molecule has 2 aliphatic carbocycles. The van der Waals surface area contributed by atoms with Gasteiger partial charge in [0.15, 0.2) is 0 Å². The minimum Gasteiger partial charge on any atom is -0.390 e. The van der Waals surface area contributed by atoms with Crippen molar-refractivity contribution in [3.05, 3.63) is 42.2 Å². The Labute approximate surface area is 151 Å². The Balaban J connectivity index is 1.33. The molecule has 26 heavy (non-hydrogen) atoms. The van der Waals surface area contributed by atoms with Crippen molar-refractivity contribution in [1.29, 1.82) is 0 Å². The van der Waals surface area contributed by atoms with Gasteiger partial charge < -0.3 is 20.8 Å². The van der Waals surface area contributed by atoms with Crippen LogP contribution in [0.4, 0.5) is 10.5 Å². The van der Waals surface area contributed by atoms with Gasteiger partial charge in [-0.15, -0.1) is 5.10 Å². The summed E-state index contributed by atoms with van der Waals surface area (Å²) in [6.45, 7) is 0.469. The minimum atomic E-state index is -1.01. The van der Waals surface area contributed by atoms with Crippen LogP contribution in [0, 0.1) is 5.92 Å². The first-order chi connectivity index (χ1) is 12.6. The number of amides is 2. The summed E-state index contributed by atoms with van der Waals surface area (Å²) in [5.41, 5.74) is 1.67. The van der Waals surface area contributed by atoms with Crippen molar-refractivity contribution in [2.75, 3.05) is 5.32 Å². The van der Waals surface area contributed by atoms with E-state index in [1.54, 1.807) is 16.8 Å². The highest BCUT2D eigenvalue weighted by molar-refractivity contribution is 5.89. The molecule has 0 aliphatic heterocycles. The molecule has 4 atom stereocenters. The number of nitrogens with one attached hydrogen (secondary N) is 2. The Morgan fingerprint density at radius 1 is 1.19 bits per heavy atom. The zero-order valence-electron chi connectivity index (χ0n) is 14.3. The second-order valence-corrected chi connectivity index (χ2v) is 7.19. The summed E-state index contributed by atoms with van der Waals surface area (Å²) in [5, 5.41) is 34.4. The van der Waals surface area contributed by atoms with Gasteiger partial charge >= 0.3 is 6.03 Å². The molecule has 2 aliphatic rings. The molecule has 0 saturated heterocycles. The third kappa shape index (κ3) is 3.71. The number of nitrogens with zero attached hydrogens (tertiary/aromatic N) is 3. The highest BCUT2D eigenvalue weighted by atomic mass is 16.3. The molecule has 2 saturated carbocycles. The maximum atomic E-state index is 12.1. The van der Waals surface area contributed by atoms with E-state index < -0.39 is 24.3 Å². The van der Waals surface area contributed by atoms with Gasteiger partial charge in [0, 0.05) is 30.3 Å². The summed E-state index contributed by atoms with van der Waals surface area (Å²) < 4.78 is 1.72. The summed E-state index contributed by atoms with van der Waals surface area (Å²) in [7, 11) is 0. The Morgan fingerprint density at radius 3 is 2.69 bits per heavy atom. The first-order valence-corrected chi connectivity index (χ1v) is 8.99. The van der Waals surface area contributed by atoms with Gasteiger partial charge in [-0.1, -0.05) is 23.4 Å². The number of aromatic nitrogens is 3. The molecule has 1 aromatic carbocycles. The molecular formula is C18H23N5O3. The fourth-order valence-corrected chi connectivity index (χ4v) is 3.51. The number of anilines is 1. The Morgan fingerprint density at radius 2 is 1.96 bits per heavy atom. The monoisotopic (exact) mass is 357 g/mol. The molecule has 4 N–H and O–H groups in total. The van der Waals surface area contributed by atoms with Crippen LogP contribution in [0.3, 0.4) is 0 Å². The van der Waals surface area contributed by atoms with E-state index in [-0.39, 0.29) is 5.92 Å². The lowest BCUT2D eigenvalue weighted by Crippen LogP contribution is -2.44. The van der Waals surface area contributed by atoms with Gasteiger partial charge in [-0.05, 0) is 31.4 Å². The lowest BCUT2D eigenvalue weighted by Gasteiger charge is -2.18. The van der Waals surface area contributed by atoms with Gasteiger partial charge in [-0.2, -0.15) is 0 Å². The molecule has 1 heterocycles. The summed E-state index contributed by atoms with van der Waals surface area (Å²) in [4.78, 5) is 12.1. The van der Waals surface area contributed by atoms with Gasteiger partial charge in [0.05, 0.1) is 17.8 Å². The molecule has 1 aromatic heterocycles. The molecule has 2 amide bonds. The van der Waals surface area contributed by atoms with Crippen LogP contribution in [-0.2, 0) is 6.54 Å². The first-order valence-electron chi connectivity index (χ1n) is 8.99. The lowest BCUT2D eigenvalue weighted by atomic mass is 10.1. The number of benzene rings is 1. The molecule has 4 unspecified atom stereocenters. The van der Waals surface area contributed by atoms with Crippen molar-refractivity contribution in [1.82, 2.24) is 20.3 Å². The zero-order chi connectivity index (χ0) is 18.1. The lowest BCUT2D eigenvalue weighted by molar-refractivity contribution is 0.00878. The number of aliphatic hydroxyl groups is 2. The van der Waals surface area contributed by atoms with E-state index in [2.05, 4.69) is 20.9 Å². The van der Waals surface area contributed by atoms with Crippen molar-refractivity contribution in [3.63, 3.8) is 0 Å².